The lowest BCUT2D eigenvalue weighted by atomic mass is 10.2. The van der Waals surface area contributed by atoms with Gasteiger partial charge in [0.05, 0.1) is 0 Å². The predicted octanol–water partition coefficient (Wildman–Crippen LogP) is 2.29. The fourth-order valence-electron chi connectivity index (χ4n) is 1.82. The maximum absolute atomic E-state index is 12.4. The first-order valence-corrected chi connectivity index (χ1v) is 6.77. The van der Waals surface area contributed by atoms with E-state index < -0.39 is 23.8 Å². The highest BCUT2D eigenvalue weighted by atomic mass is 19.4. The number of rotatable bonds is 4. The van der Waals surface area contributed by atoms with Crippen LogP contribution in [0.4, 0.5) is 29.3 Å². The summed E-state index contributed by atoms with van der Waals surface area (Å²) in [7, 11) is 1.46. The van der Waals surface area contributed by atoms with Crippen LogP contribution in [0.15, 0.2) is 36.5 Å². The topological polar surface area (TPSA) is 88.0 Å². The Balaban J connectivity index is 1.98. The third-order valence-corrected chi connectivity index (χ3v) is 2.87. The number of urea groups is 1. The lowest BCUT2D eigenvalue weighted by Crippen LogP contribution is -2.24. The van der Waals surface area contributed by atoms with Crippen LogP contribution in [-0.2, 0) is 17.5 Å². The van der Waals surface area contributed by atoms with Gasteiger partial charge in [-0.3, -0.25) is 9.48 Å². The van der Waals surface area contributed by atoms with E-state index in [1.165, 1.54) is 13.1 Å². The molecule has 0 aliphatic rings. The normalized spacial score (nSPS) is 11.0. The maximum atomic E-state index is 12.4. The van der Waals surface area contributed by atoms with Crippen molar-refractivity contribution in [3.05, 3.63) is 42.2 Å². The largest absolute Gasteiger partial charge is 0.435 e. The number of nitrogens with one attached hydrogen (secondary N) is 3. The van der Waals surface area contributed by atoms with E-state index in [9.17, 15) is 22.8 Å². The first kappa shape index (κ1) is 17.3. The van der Waals surface area contributed by atoms with Gasteiger partial charge in [-0.05, 0) is 24.3 Å². The van der Waals surface area contributed by atoms with Gasteiger partial charge in [-0.15, -0.1) is 0 Å². The molecule has 0 fully saturated rings. The Hall–Kier alpha value is -3.04. The van der Waals surface area contributed by atoms with Crippen molar-refractivity contribution in [3.63, 3.8) is 0 Å². The summed E-state index contributed by atoms with van der Waals surface area (Å²) in [5, 5.41) is 10.7. The maximum Gasteiger partial charge on any atom is 0.435 e. The number of carbonyl (C=O) groups is 2. The van der Waals surface area contributed by atoms with E-state index in [4.69, 9.17) is 0 Å². The van der Waals surface area contributed by atoms with Gasteiger partial charge in [-0.1, -0.05) is 6.07 Å². The molecule has 0 aliphatic heterocycles. The van der Waals surface area contributed by atoms with E-state index in [0.29, 0.717) is 11.4 Å². The molecule has 24 heavy (non-hydrogen) atoms. The van der Waals surface area contributed by atoms with Gasteiger partial charge in [0.2, 0.25) is 5.91 Å². The van der Waals surface area contributed by atoms with Gasteiger partial charge < -0.3 is 16.0 Å². The zero-order valence-electron chi connectivity index (χ0n) is 12.5. The number of benzene rings is 1. The van der Waals surface area contributed by atoms with Crippen LogP contribution >= 0.6 is 0 Å². The first-order chi connectivity index (χ1) is 11.3. The molecule has 10 heteroatoms. The summed E-state index contributed by atoms with van der Waals surface area (Å²) in [4.78, 5) is 23.1. The van der Waals surface area contributed by atoms with Crippen LogP contribution in [0.1, 0.15) is 5.69 Å². The van der Waals surface area contributed by atoms with Gasteiger partial charge in [-0.25, -0.2) is 4.79 Å². The van der Waals surface area contributed by atoms with Crippen molar-refractivity contribution < 1.29 is 22.8 Å². The smallest absolute Gasteiger partial charge is 0.341 e. The van der Waals surface area contributed by atoms with Crippen LogP contribution in [0.5, 0.6) is 0 Å². The Kier molecular flexibility index (Phi) is 5.07. The van der Waals surface area contributed by atoms with Gasteiger partial charge in [0.1, 0.15) is 6.54 Å². The number of alkyl halides is 3. The average Bonchev–Trinajstić information content (AvgIpc) is 2.96. The minimum absolute atomic E-state index is 0.372. The van der Waals surface area contributed by atoms with Crippen molar-refractivity contribution in [1.82, 2.24) is 15.1 Å². The number of nitrogens with zero attached hydrogens (tertiary/aromatic N) is 2. The summed E-state index contributed by atoms with van der Waals surface area (Å²) < 4.78 is 38.2. The van der Waals surface area contributed by atoms with Crippen LogP contribution in [0, 0.1) is 0 Å². The molecule has 3 N–H and O–H groups in total. The van der Waals surface area contributed by atoms with Crippen LogP contribution < -0.4 is 16.0 Å². The van der Waals surface area contributed by atoms with E-state index in [2.05, 4.69) is 21.0 Å². The van der Waals surface area contributed by atoms with Crippen LogP contribution in [0.2, 0.25) is 0 Å². The van der Waals surface area contributed by atoms with Crippen molar-refractivity contribution in [3.8, 4) is 0 Å². The van der Waals surface area contributed by atoms with Crippen molar-refractivity contribution in [2.75, 3.05) is 17.7 Å². The molecular formula is C14H14F3N5O2. The van der Waals surface area contributed by atoms with Gasteiger partial charge in [0.15, 0.2) is 5.69 Å². The van der Waals surface area contributed by atoms with Gasteiger partial charge >= 0.3 is 12.2 Å². The Morgan fingerprint density at radius 1 is 1.17 bits per heavy atom. The Labute approximate surface area is 134 Å². The third kappa shape index (κ3) is 4.73. The Morgan fingerprint density at radius 2 is 1.83 bits per heavy atom. The zero-order chi connectivity index (χ0) is 17.7. The molecule has 128 valence electrons. The molecule has 1 aromatic heterocycles. The fraction of sp³-hybridized carbons (Fsp3) is 0.214. The van der Waals surface area contributed by atoms with Crippen molar-refractivity contribution in [1.29, 1.82) is 0 Å². The molecule has 0 saturated heterocycles. The number of hydrogen-bond acceptors (Lipinski definition) is 3. The number of halogens is 3. The molecule has 1 heterocycles. The van der Waals surface area contributed by atoms with Gasteiger partial charge in [-0.2, -0.15) is 18.3 Å². The van der Waals surface area contributed by atoms with Crippen molar-refractivity contribution >= 4 is 23.3 Å². The molecule has 3 amide bonds. The number of anilines is 2. The SMILES string of the molecule is CNC(=O)Nc1cccc(NC(=O)Cn2ccc(C(F)(F)F)n2)c1. The molecule has 0 saturated carbocycles. The molecule has 0 atom stereocenters. The molecule has 0 aliphatic carbocycles. The summed E-state index contributed by atoms with van der Waals surface area (Å²) in [6.07, 6.45) is -3.48. The molecule has 0 bridgehead atoms. The lowest BCUT2D eigenvalue weighted by molar-refractivity contribution is -0.141. The van der Waals surface area contributed by atoms with E-state index in [-0.39, 0.29) is 6.54 Å². The van der Waals surface area contributed by atoms with Gasteiger partial charge in [0, 0.05) is 24.6 Å². The van der Waals surface area contributed by atoms with E-state index in [1.807, 2.05) is 0 Å². The Morgan fingerprint density at radius 3 is 2.42 bits per heavy atom. The summed E-state index contributed by atoms with van der Waals surface area (Å²) in [5.41, 5.74) is -0.227. The number of carbonyl (C=O) groups excluding carboxylic acids is 2. The van der Waals surface area contributed by atoms with Crippen molar-refractivity contribution in [2.45, 2.75) is 12.7 Å². The zero-order valence-corrected chi connectivity index (χ0v) is 12.5. The molecule has 0 radical (unpaired) electrons. The molecule has 7 nitrogen and oxygen atoms in total. The molecule has 1 aromatic carbocycles. The van der Waals surface area contributed by atoms with Crippen LogP contribution in [0.25, 0.3) is 0 Å². The number of aromatic nitrogens is 2. The molecule has 0 unspecified atom stereocenters. The summed E-state index contributed by atoms with van der Waals surface area (Å²) in [5.74, 6) is -0.552. The predicted molar refractivity (Wildman–Crippen MR) is 80.4 cm³/mol. The summed E-state index contributed by atoms with van der Waals surface area (Å²) in [6.45, 7) is -0.372. The highest BCUT2D eigenvalue weighted by Crippen LogP contribution is 2.27. The highest BCUT2D eigenvalue weighted by Gasteiger charge is 2.33. The second-order valence-corrected chi connectivity index (χ2v) is 4.73. The lowest BCUT2D eigenvalue weighted by Gasteiger charge is -2.09. The molecule has 2 aromatic rings. The second-order valence-electron chi connectivity index (χ2n) is 4.73. The highest BCUT2D eigenvalue weighted by molar-refractivity contribution is 5.93. The first-order valence-electron chi connectivity index (χ1n) is 6.77. The summed E-state index contributed by atoms with van der Waals surface area (Å²) in [6, 6.07) is 6.69. The molecule has 0 spiro atoms. The molecule has 2 rings (SSSR count). The standard InChI is InChI=1S/C14H14F3N5O2/c1-18-13(24)20-10-4-2-3-9(7-10)19-12(23)8-22-6-5-11(21-22)14(15,16)17/h2-7H,8H2,1H3,(H,19,23)(H2,18,20,24). The molecular weight excluding hydrogens is 327 g/mol. The number of hydrogen-bond donors (Lipinski definition) is 3. The van der Waals surface area contributed by atoms with Gasteiger partial charge in [0.25, 0.3) is 0 Å². The van der Waals surface area contributed by atoms with E-state index in [1.54, 1.807) is 18.2 Å². The average molecular weight is 341 g/mol. The fourth-order valence-corrected chi connectivity index (χ4v) is 1.82. The number of amides is 3. The van der Waals surface area contributed by atoms with E-state index in [0.717, 1.165) is 16.9 Å². The van der Waals surface area contributed by atoms with E-state index >= 15 is 0 Å². The minimum Gasteiger partial charge on any atom is -0.341 e. The monoisotopic (exact) mass is 341 g/mol. The van der Waals surface area contributed by atoms with Crippen LogP contribution in [-0.4, -0.2) is 28.8 Å². The quantitative estimate of drug-likeness (QED) is 0.797. The third-order valence-electron chi connectivity index (χ3n) is 2.87. The second kappa shape index (κ2) is 7.02. The summed E-state index contributed by atoms with van der Waals surface area (Å²) >= 11 is 0. The van der Waals surface area contributed by atoms with Crippen molar-refractivity contribution in [2.24, 2.45) is 0 Å². The van der Waals surface area contributed by atoms with Crippen LogP contribution in [0.3, 0.4) is 0 Å². The minimum atomic E-state index is -4.55. The Bertz CT molecular complexity index is 742.